The number of anilines is 1. The van der Waals surface area contributed by atoms with E-state index in [1.54, 1.807) is 0 Å². The lowest BCUT2D eigenvalue weighted by atomic mass is 10.2. The number of benzene rings is 1. The first-order chi connectivity index (χ1) is 6.76. The van der Waals surface area contributed by atoms with Crippen LogP contribution >= 0.6 is 0 Å². The van der Waals surface area contributed by atoms with Crippen molar-refractivity contribution in [3.8, 4) is 5.75 Å². The number of ether oxygens (including phenoxy) is 1. The Kier molecular flexibility index (Phi) is 4.30. The molecule has 0 radical (unpaired) electrons. The smallest absolute Gasteiger partial charge is 0.119 e. The predicted molar refractivity (Wildman–Crippen MR) is 61.0 cm³/mol. The van der Waals surface area contributed by atoms with Gasteiger partial charge in [-0.25, -0.2) is 0 Å². The minimum absolute atomic E-state index is 0.306. The van der Waals surface area contributed by atoms with Gasteiger partial charge in [-0.2, -0.15) is 0 Å². The Morgan fingerprint density at radius 1 is 1.29 bits per heavy atom. The molecule has 1 unspecified atom stereocenters. The summed E-state index contributed by atoms with van der Waals surface area (Å²) < 4.78 is 5.73. The van der Waals surface area contributed by atoms with Crippen molar-refractivity contribution in [3.63, 3.8) is 0 Å². The molecule has 78 valence electrons. The third-order valence-corrected chi connectivity index (χ3v) is 2.18. The first kappa shape index (κ1) is 10.9. The Morgan fingerprint density at radius 3 is 2.43 bits per heavy atom. The van der Waals surface area contributed by atoms with E-state index in [4.69, 9.17) is 4.74 Å². The van der Waals surface area contributed by atoms with E-state index < -0.39 is 0 Å². The Hall–Kier alpha value is -1.18. The zero-order valence-corrected chi connectivity index (χ0v) is 9.21. The molecule has 1 aromatic rings. The van der Waals surface area contributed by atoms with Gasteiger partial charge in [-0.1, -0.05) is 13.3 Å². The maximum absolute atomic E-state index is 5.73. The molecule has 1 atom stereocenters. The quantitative estimate of drug-likeness (QED) is 0.774. The minimum Gasteiger partial charge on any atom is -0.491 e. The van der Waals surface area contributed by atoms with E-state index in [0.717, 1.165) is 24.3 Å². The van der Waals surface area contributed by atoms with Gasteiger partial charge in [-0.3, -0.25) is 0 Å². The molecule has 0 heterocycles. The van der Waals surface area contributed by atoms with Gasteiger partial charge >= 0.3 is 0 Å². The molecule has 0 bridgehead atoms. The summed E-state index contributed by atoms with van der Waals surface area (Å²) in [6, 6.07) is 8.04. The second-order valence-electron chi connectivity index (χ2n) is 3.49. The molecule has 0 saturated carbocycles. The second kappa shape index (κ2) is 5.53. The van der Waals surface area contributed by atoms with Crippen LogP contribution in [0, 0.1) is 0 Å². The van der Waals surface area contributed by atoms with Crippen LogP contribution in [0.5, 0.6) is 5.75 Å². The lowest BCUT2D eigenvalue weighted by molar-refractivity contribution is 0.210. The van der Waals surface area contributed by atoms with Gasteiger partial charge < -0.3 is 10.1 Å². The van der Waals surface area contributed by atoms with Gasteiger partial charge in [0.05, 0.1) is 6.10 Å². The van der Waals surface area contributed by atoms with Crippen LogP contribution in [-0.4, -0.2) is 13.2 Å². The maximum atomic E-state index is 5.73. The summed E-state index contributed by atoms with van der Waals surface area (Å²) in [6.45, 7) is 4.28. The van der Waals surface area contributed by atoms with Gasteiger partial charge in [0.15, 0.2) is 0 Å². The molecule has 0 aromatic heterocycles. The van der Waals surface area contributed by atoms with Gasteiger partial charge in [0, 0.05) is 12.7 Å². The van der Waals surface area contributed by atoms with E-state index in [1.807, 2.05) is 31.3 Å². The number of hydrogen-bond acceptors (Lipinski definition) is 2. The molecule has 2 heteroatoms. The SMILES string of the molecule is CCCC(C)Oc1ccc(NC)cc1. The van der Waals surface area contributed by atoms with Crippen molar-refractivity contribution in [2.75, 3.05) is 12.4 Å². The number of nitrogens with one attached hydrogen (secondary N) is 1. The van der Waals surface area contributed by atoms with E-state index in [9.17, 15) is 0 Å². The zero-order valence-electron chi connectivity index (χ0n) is 9.21. The van der Waals surface area contributed by atoms with Crippen molar-refractivity contribution in [1.82, 2.24) is 0 Å². The van der Waals surface area contributed by atoms with Crippen molar-refractivity contribution >= 4 is 5.69 Å². The first-order valence-electron chi connectivity index (χ1n) is 5.20. The van der Waals surface area contributed by atoms with Gasteiger partial charge in [-0.15, -0.1) is 0 Å². The number of rotatable bonds is 5. The van der Waals surface area contributed by atoms with Gasteiger partial charge in [0.1, 0.15) is 5.75 Å². The van der Waals surface area contributed by atoms with Crippen LogP contribution in [0.25, 0.3) is 0 Å². The molecule has 0 fully saturated rings. The van der Waals surface area contributed by atoms with E-state index in [-0.39, 0.29) is 0 Å². The average molecular weight is 193 g/mol. The van der Waals surface area contributed by atoms with Crippen LogP contribution in [0.2, 0.25) is 0 Å². The Morgan fingerprint density at radius 2 is 1.93 bits per heavy atom. The van der Waals surface area contributed by atoms with Crippen LogP contribution in [0.4, 0.5) is 5.69 Å². The molecule has 2 nitrogen and oxygen atoms in total. The maximum Gasteiger partial charge on any atom is 0.119 e. The summed E-state index contributed by atoms with van der Waals surface area (Å²) in [5.41, 5.74) is 1.11. The molecule has 1 N–H and O–H groups in total. The third-order valence-electron chi connectivity index (χ3n) is 2.18. The van der Waals surface area contributed by atoms with E-state index in [2.05, 4.69) is 19.2 Å². The average Bonchev–Trinajstić information content (AvgIpc) is 2.19. The standard InChI is InChI=1S/C12H19NO/c1-4-5-10(2)14-12-8-6-11(13-3)7-9-12/h6-10,13H,4-5H2,1-3H3. The molecule has 0 aliphatic rings. The van der Waals surface area contributed by atoms with E-state index in [0.29, 0.717) is 6.10 Å². The van der Waals surface area contributed by atoms with Crippen LogP contribution < -0.4 is 10.1 Å². The Balaban J connectivity index is 2.50. The van der Waals surface area contributed by atoms with E-state index in [1.165, 1.54) is 0 Å². The van der Waals surface area contributed by atoms with Crippen molar-refractivity contribution in [1.29, 1.82) is 0 Å². The Labute approximate surface area is 86.3 Å². The van der Waals surface area contributed by atoms with Crippen molar-refractivity contribution in [2.45, 2.75) is 32.8 Å². The lowest BCUT2D eigenvalue weighted by Gasteiger charge is -2.13. The second-order valence-corrected chi connectivity index (χ2v) is 3.49. The summed E-state index contributed by atoms with van der Waals surface area (Å²) >= 11 is 0. The first-order valence-corrected chi connectivity index (χ1v) is 5.20. The molecule has 0 aliphatic heterocycles. The molecular weight excluding hydrogens is 174 g/mol. The molecule has 0 amide bonds. The van der Waals surface area contributed by atoms with Crippen LogP contribution in [-0.2, 0) is 0 Å². The molecule has 1 rings (SSSR count). The Bertz CT molecular complexity index is 256. The normalized spacial score (nSPS) is 12.2. The summed E-state index contributed by atoms with van der Waals surface area (Å²) in [7, 11) is 1.91. The highest BCUT2D eigenvalue weighted by molar-refractivity contribution is 5.45. The largest absolute Gasteiger partial charge is 0.491 e. The number of hydrogen-bond donors (Lipinski definition) is 1. The van der Waals surface area contributed by atoms with Gasteiger partial charge in [-0.05, 0) is 37.6 Å². The van der Waals surface area contributed by atoms with E-state index >= 15 is 0 Å². The van der Waals surface area contributed by atoms with Crippen molar-refractivity contribution in [3.05, 3.63) is 24.3 Å². The summed E-state index contributed by atoms with van der Waals surface area (Å²) in [4.78, 5) is 0. The van der Waals surface area contributed by atoms with Crippen molar-refractivity contribution < 1.29 is 4.74 Å². The fourth-order valence-corrected chi connectivity index (χ4v) is 1.40. The van der Waals surface area contributed by atoms with Gasteiger partial charge in [0.25, 0.3) is 0 Å². The monoisotopic (exact) mass is 193 g/mol. The third kappa shape index (κ3) is 3.29. The predicted octanol–water partition coefficient (Wildman–Crippen LogP) is 3.30. The summed E-state index contributed by atoms with van der Waals surface area (Å²) in [5.74, 6) is 0.949. The molecular formula is C12H19NO. The topological polar surface area (TPSA) is 21.3 Å². The molecule has 0 saturated heterocycles. The van der Waals surface area contributed by atoms with Crippen LogP contribution in [0.1, 0.15) is 26.7 Å². The van der Waals surface area contributed by atoms with Crippen LogP contribution in [0.15, 0.2) is 24.3 Å². The zero-order chi connectivity index (χ0) is 10.4. The fraction of sp³-hybridized carbons (Fsp3) is 0.500. The molecule has 0 aliphatic carbocycles. The minimum atomic E-state index is 0.306. The highest BCUT2D eigenvalue weighted by Gasteiger charge is 2.01. The van der Waals surface area contributed by atoms with Gasteiger partial charge in [0.2, 0.25) is 0 Å². The van der Waals surface area contributed by atoms with Crippen molar-refractivity contribution in [2.24, 2.45) is 0 Å². The highest BCUT2D eigenvalue weighted by Crippen LogP contribution is 2.17. The molecule has 14 heavy (non-hydrogen) atoms. The fourth-order valence-electron chi connectivity index (χ4n) is 1.40. The molecule has 1 aromatic carbocycles. The summed E-state index contributed by atoms with van der Waals surface area (Å²) in [6.07, 6.45) is 2.57. The van der Waals surface area contributed by atoms with Crippen LogP contribution in [0.3, 0.4) is 0 Å². The summed E-state index contributed by atoms with van der Waals surface area (Å²) in [5, 5.41) is 3.08. The highest BCUT2D eigenvalue weighted by atomic mass is 16.5. The lowest BCUT2D eigenvalue weighted by Crippen LogP contribution is -2.10. The molecule has 0 spiro atoms.